The van der Waals surface area contributed by atoms with Crippen molar-refractivity contribution >= 4 is 27.6 Å². The van der Waals surface area contributed by atoms with E-state index in [0.717, 1.165) is 29.4 Å². The number of ether oxygens (including phenoxy) is 1. The SMILES string of the molecule is CCOC(=O)C1(Nc2ccc(Br)cc2)CCC(C)CC1C. The molecule has 4 heteroatoms. The molecule has 0 aromatic heterocycles. The minimum atomic E-state index is -0.601. The Morgan fingerprint density at radius 2 is 2.05 bits per heavy atom. The molecule has 3 unspecified atom stereocenters. The van der Waals surface area contributed by atoms with Gasteiger partial charge < -0.3 is 10.1 Å². The van der Waals surface area contributed by atoms with Gasteiger partial charge in [-0.1, -0.05) is 29.8 Å². The van der Waals surface area contributed by atoms with Crippen LogP contribution in [0.5, 0.6) is 0 Å². The summed E-state index contributed by atoms with van der Waals surface area (Å²) in [7, 11) is 0. The van der Waals surface area contributed by atoms with Crippen molar-refractivity contribution in [2.45, 2.75) is 45.6 Å². The maximum Gasteiger partial charge on any atom is 0.332 e. The average molecular weight is 354 g/mol. The van der Waals surface area contributed by atoms with Crippen molar-refractivity contribution in [1.82, 2.24) is 0 Å². The van der Waals surface area contributed by atoms with Gasteiger partial charge in [-0.25, -0.2) is 4.79 Å². The monoisotopic (exact) mass is 353 g/mol. The summed E-state index contributed by atoms with van der Waals surface area (Å²) in [5, 5.41) is 3.48. The van der Waals surface area contributed by atoms with Gasteiger partial charge in [-0.3, -0.25) is 0 Å². The fourth-order valence-corrected chi connectivity index (χ4v) is 3.50. The zero-order chi connectivity index (χ0) is 15.5. The molecule has 1 aliphatic rings. The van der Waals surface area contributed by atoms with E-state index in [1.54, 1.807) is 0 Å². The molecule has 0 bridgehead atoms. The van der Waals surface area contributed by atoms with Gasteiger partial charge in [-0.2, -0.15) is 0 Å². The maximum atomic E-state index is 12.6. The summed E-state index contributed by atoms with van der Waals surface area (Å²) in [6.45, 7) is 6.69. The van der Waals surface area contributed by atoms with Gasteiger partial charge in [-0.05, 0) is 62.3 Å². The molecule has 3 nitrogen and oxygen atoms in total. The summed E-state index contributed by atoms with van der Waals surface area (Å²) in [6, 6.07) is 7.96. The largest absolute Gasteiger partial charge is 0.464 e. The molecular weight excluding hydrogens is 330 g/mol. The molecule has 21 heavy (non-hydrogen) atoms. The zero-order valence-electron chi connectivity index (χ0n) is 13.0. The van der Waals surface area contributed by atoms with E-state index in [9.17, 15) is 4.79 Å². The molecule has 1 aliphatic carbocycles. The molecule has 1 aromatic rings. The smallest absolute Gasteiger partial charge is 0.332 e. The van der Waals surface area contributed by atoms with Crippen LogP contribution in [0.15, 0.2) is 28.7 Å². The van der Waals surface area contributed by atoms with Crippen LogP contribution < -0.4 is 5.32 Å². The van der Waals surface area contributed by atoms with Crippen molar-refractivity contribution in [3.05, 3.63) is 28.7 Å². The van der Waals surface area contributed by atoms with Crippen LogP contribution in [-0.2, 0) is 9.53 Å². The van der Waals surface area contributed by atoms with E-state index in [2.05, 4.69) is 35.1 Å². The topological polar surface area (TPSA) is 38.3 Å². The average Bonchev–Trinajstić information content (AvgIpc) is 2.45. The number of anilines is 1. The molecule has 1 aromatic carbocycles. The molecule has 0 spiro atoms. The molecule has 2 rings (SSSR count). The quantitative estimate of drug-likeness (QED) is 0.802. The van der Waals surface area contributed by atoms with E-state index in [1.807, 2.05) is 31.2 Å². The van der Waals surface area contributed by atoms with Gasteiger partial charge in [0.2, 0.25) is 0 Å². The van der Waals surface area contributed by atoms with Gasteiger partial charge in [0.15, 0.2) is 0 Å². The van der Waals surface area contributed by atoms with E-state index in [0.29, 0.717) is 12.5 Å². The van der Waals surface area contributed by atoms with Gasteiger partial charge in [0, 0.05) is 10.2 Å². The van der Waals surface area contributed by atoms with Crippen LogP contribution in [0.25, 0.3) is 0 Å². The van der Waals surface area contributed by atoms with Crippen molar-refractivity contribution < 1.29 is 9.53 Å². The number of esters is 1. The van der Waals surface area contributed by atoms with Crippen LogP contribution in [-0.4, -0.2) is 18.1 Å². The molecule has 0 amide bonds. The number of rotatable bonds is 4. The van der Waals surface area contributed by atoms with E-state index in [4.69, 9.17) is 4.74 Å². The number of benzene rings is 1. The van der Waals surface area contributed by atoms with Gasteiger partial charge >= 0.3 is 5.97 Å². The lowest BCUT2D eigenvalue weighted by molar-refractivity contribution is -0.152. The highest BCUT2D eigenvalue weighted by atomic mass is 79.9. The van der Waals surface area contributed by atoms with E-state index < -0.39 is 5.54 Å². The summed E-state index contributed by atoms with van der Waals surface area (Å²) in [5.41, 5.74) is 0.365. The van der Waals surface area contributed by atoms with E-state index in [-0.39, 0.29) is 11.9 Å². The van der Waals surface area contributed by atoms with Crippen molar-refractivity contribution in [2.24, 2.45) is 11.8 Å². The number of hydrogen-bond acceptors (Lipinski definition) is 3. The Hall–Kier alpha value is -1.03. The molecule has 1 N–H and O–H groups in total. The van der Waals surface area contributed by atoms with E-state index >= 15 is 0 Å². The number of carbonyl (C=O) groups is 1. The first-order valence-corrected chi connectivity index (χ1v) is 8.48. The van der Waals surface area contributed by atoms with Gasteiger partial charge in [0.05, 0.1) is 6.61 Å². The third-order valence-corrected chi connectivity index (χ3v) is 5.01. The highest BCUT2D eigenvalue weighted by Gasteiger charge is 2.47. The Morgan fingerprint density at radius 1 is 1.38 bits per heavy atom. The van der Waals surface area contributed by atoms with Crippen molar-refractivity contribution in [3.8, 4) is 0 Å². The standard InChI is InChI=1S/C17H24BrNO2/c1-4-21-16(20)17(10-9-12(2)11-13(17)3)19-15-7-5-14(18)6-8-15/h5-8,12-13,19H,4,9-11H2,1-3H3. The first-order chi connectivity index (χ1) is 9.98. The van der Waals surface area contributed by atoms with Gasteiger partial charge in [-0.15, -0.1) is 0 Å². The minimum Gasteiger partial charge on any atom is -0.464 e. The van der Waals surface area contributed by atoms with Crippen LogP contribution in [0.1, 0.15) is 40.0 Å². The Kier molecular flexibility index (Phi) is 5.31. The fourth-order valence-electron chi connectivity index (χ4n) is 3.23. The summed E-state index contributed by atoms with van der Waals surface area (Å²) < 4.78 is 6.41. The zero-order valence-corrected chi connectivity index (χ0v) is 14.6. The van der Waals surface area contributed by atoms with Crippen molar-refractivity contribution in [1.29, 1.82) is 0 Å². The third-order valence-electron chi connectivity index (χ3n) is 4.48. The molecule has 0 radical (unpaired) electrons. The second-order valence-corrected chi connectivity index (χ2v) is 7.02. The lowest BCUT2D eigenvalue weighted by Crippen LogP contribution is -2.55. The molecule has 116 valence electrons. The third kappa shape index (κ3) is 3.60. The second kappa shape index (κ2) is 6.82. The first-order valence-electron chi connectivity index (χ1n) is 7.69. The molecule has 3 atom stereocenters. The van der Waals surface area contributed by atoms with Crippen LogP contribution in [0.4, 0.5) is 5.69 Å². The van der Waals surface area contributed by atoms with Gasteiger partial charge in [0.1, 0.15) is 5.54 Å². The number of nitrogens with one attached hydrogen (secondary N) is 1. The molecule has 0 aliphatic heterocycles. The number of halogens is 1. The van der Waals surface area contributed by atoms with Crippen molar-refractivity contribution in [3.63, 3.8) is 0 Å². The maximum absolute atomic E-state index is 12.6. The Morgan fingerprint density at radius 3 is 2.62 bits per heavy atom. The first kappa shape index (κ1) is 16.3. The van der Waals surface area contributed by atoms with E-state index in [1.165, 1.54) is 0 Å². The van der Waals surface area contributed by atoms with Gasteiger partial charge in [0.25, 0.3) is 0 Å². The summed E-state index contributed by atoms with van der Waals surface area (Å²) >= 11 is 3.44. The normalized spacial score (nSPS) is 29.0. The summed E-state index contributed by atoms with van der Waals surface area (Å²) in [4.78, 5) is 12.6. The molecule has 0 saturated heterocycles. The fraction of sp³-hybridized carbons (Fsp3) is 0.588. The Bertz CT molecular complexity index is 488. The molecule has 1 saturated carbocycles. The minimum absolute atomic E-state index is 0.118. The van der Waals surface area contributed by atoms with Crippen LogP contribution in [0.2, 0.25) is 0 Å². The lowest BCUT2D eigenvalue weighted by Gasteiger charge is -2.43. The summed E-state index contributed by atoms with van der Waals surface area (Å²) in [5.74, 6) is 0.797. The highest BCUT2D eigenvalue weighted by molar-refractivity contribution is 9.10. The summed E-state index contributed by atoms with van der Waals surface area (Å²) in [6.07, 6.45) is 2.92. The molecule has 1 fully saturated rings. The number of hydrogen-bond donors (Lipinski definition) is 1. The molecule has 0 heterocycles. The highest BCUT2D eigenvalue weighted by Crippen LogP contribution is 2.40. The predicted molar refractivity (Wildman–Crippen MR) is 89.3 cm³/mol. The van der Waals surface area contributed by atoms with Crippen molar-refractivity contribution in [2.75, 3.05) is 11.9 Å². The number of carbonyl (C=O) groups excluding carboxylic acids is 1. The Labute approximate surface area is 135 Å². The second-order valence-electron chi connectivity index (χ2n) is 6.10. The van der Waals surface area contributed by atoms with Crippen LogP contribution in [0.3, 0.4) is 0 Å². The molecular formula is C17H24BrNO2. The Balaban J connectivity index is 2.27. The predicted octanol–water partition coefficient (Wildman–Crippen LogP) is 4.62. The van der Waals surface area contributed by atoms with Crippen LogP contribution >= 0.6 is 15.9 Å². The van der Waals surface area contributed by atoms with Crippen LogP contribution in [0, 0.1) is 11.8 Å². The lowest BCUT2D eigenvalue weighted by atomic mass is 9.69.